The lowest BCUT2D eigenvalue weighted by molar-refractivity contribution is -0.137. The number of hydrogen-bond acceptors (Lipinski definition) is 2. The molecule has 0 heterocycles. The summed E-state index contributed by atoms with van der Waals surface area (Å²) in [6, 6.07) is 6.65. The van der Waals surface area contributed by atoms with E-state index in [1.54, 1.807) is 0 Å². The highest BCUT2D eigenvalue weighted by Crippen LogP contribution is 2.34. The van der Waals surface area contributed by atoms with Crippen molar-refractivity contribution in [2.24, 2.45) is 0 Å². The lowest BCUT2D eigenvalue weighted by Crippen LogP contribution is -2.05. The van der Waals surface area contributed by atoms with Crippen LogP contribution in [-0.2, 0) is 6.18 Å². The topological polar surface area (TPSA) is 37.3 Å². The van der Waals surface area contributed by atoms with Gasteiger partial charge in [0.25, 0.3) is 0 Å². The van der Waals surface area contributed by atoms with E-state index in [9.17, 15) is 23.1 Å². The number of allylic oxidation sites excluding steroid dienone is 1. The van der Waals surface area contributed by atoms with E-state index in [0.29, 0.717) is 5.56 Å². The summed E-state index contributed by atoms with van der Waals surface area (Å²) >= 11 is 11.7. The van der Waals surface area contributed by atoms with Crippen LogP contribution in [-0.4, -0.2) is 10.9 Å². The molecule has 0 aliphatic heterocycles. The van der Waals surface area contributed by atoms with Gasteiger partial charge in [0.05, 0.1) is 10.6 Å². The Morgan fingerprint density at radius 3 is 2.17 bits per heavy atom. The highest BCUT2D eigenvalue weighted by atomic mass is 35.5. The Bertz CT molecular complexity index is 766. The molecule has 0 atom stereocenters. The van der Waals surface area contributed by atoms with Crippen LogP contribution in [0.25, 0.3) is 6.08 Å². The number of carbonyl (C=O) groups is 1. The van der Waals surface area contributed by atoms with Gasteiger partial charge >= 0.3 is 6.18 Å². The molecule has 0 aliphatic carbocycles. The van der Waals surface area contributed by atoms with Gasteiger partial charge in [-0.1, -0.05) is 35.3 Å². The number of ketones is 1. The number of hydrogen-bond donors (Lipinski definition) is 1. The van der Waals surface area contributed by atoms with Crippen molar-refractivity contribution in [1.82, 2.24) is 0 Å². The second kappa shape index (κ2) is 6.64. The minimum Gasteiger partial charge on any atom is -0.506 e. The van der Waals surface area contributed by atoms with Crippen molar-refractivity contribution in [2.75, 3.05) is 0 Å². The van der Waals surface area contributed by atoms with E-state index in [1.165, 1.54) is 18.2 Å². The van der Waals surface area contributed by atoms with Gasteiger partial charge in [-0.3, -0.25) is 4.79 Å². The van der Waals surface area contributed by atoms with Gasteiger partial charge in [-0.05, 0) is 42.0 Å². The van der Waals surface area contributed by atoms with Crippen molar-refractivity contribution >= 4 is 35.1 Å². The zero-order valence-corrected chi connectivity index (χ0v) is 12.9. The molecule has 0 bridgehead atoms. The number of carbonyl (C=O) groups excluding carboxylic acids is 1. The third-order valence-electron chi connectivity index (χ3n) is 3.00. The molecule has 0 spiro atoms. The fourth-order valence-corrected chi connectivity index (χ4v) is 2.16. The highest BCUT2D eigenvalue weighted by Gasteiger charge is 2.30. The Kier molecular flexibility index (Phi) is 5.02. The Morgan fingerprint density at radius 1 is 1.00 bits per heavy atom. The third kappa shape index (κ3) is 4.06. The smallest absolute Gasteiger partial charge is 0.416 e. The predicted molar refractivity (Wildman–Crippen MR) is 82.9 cm³/mol. The molecule has 0 aromatic heterocycles. The maximum atomic E-state index is 12.5. The van der Waals surface area contributed by atoms with E-state index in [0.717, 1.165) is 30.3 Å². The lowest BCUT2D eigenvalue weighted by atomic mass is 10.1. The molecule has 2 aromatic rings. The van der Waals surface area contributed by atoms with Crippen molar-refractivity contribution < 1.29 is 23.1 Å². The number of halogens is 5. The van der Waals surface area contributed by atoms with Crippen LogP contribution in [0.5, 0.6) is 5.75 Å². The van der Waals surface area contributed by atoms with Crippen LogP contribution in [0.2, 0.25) is 10.0 Å². The van der Waals surface area contributed by atoms with Gasteiger partial charge in [-0.25, -0.2) is 0 Å². The van der Waals surface area contributed by atoms with Gasteiger partial charge in [0.15, 0.2) is 5.78 Å². The van der Waals surface area contributed by atoms with Crippen LogP contribution >= 0.6 is 23.2 Å². The van der Waals surface area contributed by atoms with Crippen LogP contribution in [0.4, 0.5) is 13.2 Å². The molecule has 2 nitrogen and oxygen atoms in total. The molecule has 7 heteroatoms. The quantitative estimate of drug-likeness (QED) is 0.570. The molecule has 120 valence electrons. The van der Waals surface area contributed by atoms with Crippen LogP contribution in [0.15, 0.2) is 42.5 Å². The molecule has 0 fully saturated rings. The first-order valence-electron chi connectivity index (χ1n) is 6.27. The van der Waals surface area contributed by atoms with E-state index in [-0.39, 0.29) is 21.4 Å². The van der Waals surface area contributed by atoms with Crippen molar-refractivity contribution in [2.45, 2.75) is 6.18 Å². The first-order chi connectivity index (χ1) is 10.7. The van der Waals surface area contributed by atoms with E-state index < -0.39 is 17.5 Å². The predicted octanol–water partition coefficient (Wildman–Crippen LogP) is 5.61. The summed E-state index contributed by atoms with van der Waals surface area (Å²) in [7, 11) is 0. The van der Waals surface area contributed by atoms with Crippen LogP contribution in [0.1, 0.15) is 21.5 Å². The summed E-state index contributed by atoms with van der Waals surface area (Å²) in [5, 5.41) is 9.40. The molecule has 0 saturated carbocycles. The van der Waals surface area contributed by atoms with Gasteiger partial charge in [0.1, 0.15) is 10.8 Å². The normalized spacial score (nSPS) is 11.9. The standard InChI is InChI=1S/C16H9Cl2F3O2/c17-14-10(4-8-13(23)15(14)18)3-7-12(22)9-1-5-11(6-2-9)16(19,20)21/h1-8,23H/b7-3+. The first-order valence-corrected chi connectivity index (χ1v) is 7.02. The Balaban J connectivity index is 2.21. The molecule has 0 unspecified atom stereocenters. The molecular weight excluding hydrogens is 352 g/mol. The molecule has 2 rings (SSSR count). The minimum absolute atomic E-state index is 0.0456. The summed E-state index contributed by atoms with van der Waals surface area (Å²) in [5.74, 6) is -0.679. The van der Waals surface area contributed by atoms with Gasteiger partial charge < -0.3 is 5.11 Å². The summed E-state index contributed by atoms with van der Waals surface area (Å²) in [4.78, 5) is 11.9. The molecule has 0 aliphatic rings. The molecule has 1 N–H and O–H groups in total. The Labute approximate surface area is 139 Å². The number of aromatic hydroxyl groups is 1. The van der Waals surface area contributed by atoms with E-state index in [1.807, 2.05) is 0 Å². The van der Waals surface area contributed by atoms with Crippen LogP contribution in [0.3, 0.4) is 0 Å². The fourth-order valence-electron chi connectivity index (χ4n) is 1.77. The van der Waals surface area contributed by atoms with Gasteiger partial charge in [-0.15, -0.1) is 0 Å². The lowest BCUT2D eigenvalue weighted by Gasteiger charge is -2.06. The maximum Gasteiger partial charge on any atom is 0.416 e. The molecular formula is C16H9Cl2F3O2. The van der Waals surface area contributed by atoms with E-state index >= 15 is 0 Å². The van der Waals surface area contributed by atoms with Gasteiger partial charge in [0, 0.05) is 5.56 Å². The van der Waals surface area contributed by atoms with Crippen molar-refractivity contribution in [3.8, 4) is 5.75 Å². The largest absolute Gasteiger partial charge is 0.506 e. The summed E-state index contributed by atoms with van der Waals surface area (Å²) < 4.78 is 37.4. The average Bonchev–Trinajstić information content (AvgIpc) is 2.51. The zero-order chi connectivity index (χ0) is 17.2. The van der Waals surface area contributed by atoms with Crippen molar-refractivity contribution in [1.29, 1.82) is 0 Å². The number of alkyl halides is 3. The SMILES string of the molecule is O=C(/C=C/c1ccc(O)c(Cl)c1Cl)c1ccc(C(F)(F)F)cc1. The molecule has 0 radical (unpaired) electrons. The number of phenols is 1. The van der Waals surface area contributed by atoms with E-state index in [2.05, 4.69) is 0 Å². The summed E-state index contributed by atoms with van der Waals surface area (Å²) in [6.45, 7) is 0. The minimum atomic E-state index is -4.45. The average molecular weight is 361 g/mol. The Morgan fingerprint density at radius 2 is 1.61 bits per heavy atom. The zero-order valence-electron chi connectivity index (χ0n) is 11.4. The molecule has 0 amide bonds. The summed E-state index contributed by atoms with van der Waals surface area (Å²) in [6.07, 6.45) is -1.92. The van der Waals surface area contributed by atoms with Crippen molar-refractivity contribution in [3.05, 3.63) is 69.2 Å². The molecule has 0 saturated heterocycles. The number of phenolic OH excluding ortho intramolecular Hbond substituents is 1. The molecule has 2 aromatic carbocycles. The third-order valence-corrected chi connectivity index (χ3v) is 3.89. The fraction of sp³-hybridized carbons (Fsp3) is 0.0625. The number of benzene rings is 2. The monoisotopic (exact) mass is 360 g/mol. The Hall–Kier alpha value is -1.98. The van der Waals surface area contributed by atoms with Crippen LogP contribution in [0, 0.1) is 0 Å². The van der Waals surface area contributed by atoms with Gasteiger partial charge in [0.2, 0.25) is 0 Å². The number of rotatable bonds is 3. The second-order valence-electron chi connectivity index (χ2n) is 4.57. The molecule has 23 heavy (non-hydrogen) atoms. The summed E-state index contributed by atoms with van der Waals surface area (Å²) in [5.41, 5.74) is -0.323. The maximum absolute atomic E-state index is 12.5. The van der Waals surface area contributed by atoms with E-state index in [4.69, 9.17) is 23.2 Å². The van der Waals surface area contributed by atoms with Crippen LogP contribution < -0.4 is 0 Å². The second-order valence-corrected chi connectivity index (χ2v) is 5.33. The highest BCUT2D eigenvalue weighted by molar-refractivity contribution is 6.43. The van der Waals surface area contributed by atoms with Crippen molar-refractivity contribution in [3.63, 3.8) is 0 Å². The van der Waals surface area contributed by atoms with Gasteiger partial charge in [-0.2, -0.15) is 13.2 Å². The first kappa shape index (κ1) is 17.4.